The summed E-state index contributed by atoms with van der Waals surface area (Å²) in [6.45, 7) is 7.60. The van der Waals surface area contributed by atoms with Gasteiger partial charge in [-0.15, -0.1) is 0 Å². The average molecular weight is 419 g/mol. The normalized spacial score (nSPS) is 12.5. The van der Waals surface area contributed by atoms with Crippen molar-refractivity contribution in [2.24, 2.45) is 13.0 Å². The summed E-state index contributed by atoms with van der Waals surface area (Å²) < 4.78 is 6.81. The van der Waals surface area contributed by atoms with Crippen LogP contribution in [0.1, 0.15) is 37.1 Å². The van der Waals surface area contributed by atoms with Crippen LogP contribution in [0.4, 0.5) is 11.6 Å². The van der Waals surface area contributed by atoms with Crippen molar-refractivity contribution in [1.82, 2.24) is 19.7 Å². The number of benzene rings is 1. The third kappa shape index (κ3) is 3.94. The maximum Gasteiger partial charge on any atom is 0.267 e. The number of aliphatic hydroxyl groups is 1. The lowest BCUT2D eigenvalue weighted by Crippen LogP contribution is -2.19. The lowest BCUT2D eigenvalue weighted by molar-refractivity contribution is 0.0896. The second-order valence-corrected chi connectivity index (χ2v) is 8.11. The highest BCUT2D eigenvalue weighted by Crippen LogP contribution is 2.28. The van der Waals surface area contributed by atoms with Crippen molar-refractivity contribution in [1.29, 1.82) is 0 Å². The molecule has 0 fully saturated rings. The predicted octanol–water partition coefficient (Wildman–Crippen LogP) is 4.03. The van der Waals surface area contributed by atoms with Gasteiger partial charge in [-0.3, -0.25) is 9.78 Å². The van der Waals surface area contributed by atoms with Gasteiger partial charge in [0.25, 0.3) is 17.4 Å². The molecule has 0 radical (unpaired) electrons. The molecule has 3 heterocycles. The van der Waals surface area contributed by atoms with Gasteiger partial charge >= 0.3 is 0 Å². The Morgan fingerprint density at radius 3 is 2.65 bits per heavy atom. The summed E-state index contributed by atoms with van der Waals surface area (Å²) in [7, 11) is 1.77. The van der Waals surface area contributed by atoms with Crippen LogP contribution >= 0.6 is 0 Å². The van der Waals surface area contributed by atoms with Gasteiger partial charge in [-0.05, 0) is 60.3 Å². The lowest BCUT2D eigenvalue weighted by atomic mass is 9.99. The summed E-state index contributed by atoms with van der Waals surface area (Å²) in [6.07, 6.45) is 0.959. The summed E-state index contributed by atoms with van der Waals surface area (Å²) >= 11 is 0. The number of hydrogen-bond donors (Lipinski definition) is 2. The van der Waals surface area contributed by atoms with E-state index < -0.39 is 6.10 Å². The average Bonchev–Trinajstić information content (AvgIpc) is 3.20. The molecule has 0 aliphatic heterocycles. The van der Waals surface area contributed by atoms with E-state index in [0.29, 0.717) is 11.3 Å². The number of anilines is 2. The highest BCUT2D eigenvalue weighted by molar-refractivity contribution is 5.85. The maximum absolute atomic E-state index is 13.1. The van der Waals surface area contributed by atoms with Crippen molar-refractivity contribution >= 4 is 22.5 Å². The molecule has 3 aromatic heterocycles. The van der Waals surface area contributed by atoms with Crippen molar-refractivity contribution in [3.8, 4) is 11.1 Å². The van der Waals surface area contributed by atoms with Crippen molar-refractivity contribution in [3.05, 3.63) is 64.0 Å². The number of aryl methyl sites for hydroxylation is 3. The molecule has 1 unspecified atom stereocenters. The van der Waals surface area contributed by atoms with Crippen LogP contribution in [-0.4, -0.2) is 24.8 Å². The van der Waals surface area contributed by atoms with Gasteiger partial charge in [0.15, 0.2) is 0 Å². The molecule has 8 heteroatoms. The Morgan fingerprint density at radius 2 is 1.90 bits per heavy atom. The largest absolute Gasteiger partial charge is 0.383 e. The van der Waals surface area contributed by atoms with E-state index in [2.05, 4.69) is 20.4 Å². The van der Waals surface area contributed by atoms with E-state index in [1.807, 2.05) is 58.0 Å². The molecule has 1 atom stereocenters. The Balaban J connectivity index is 1.73. The first-order chi connectivity index (χ1) is 14.7. The molecule has 0 aliphatic carbocycles. The molecule has 0 spiro atoms. The Labute approximate surface area is 179 Å². The van der Waals surface area contributed by atoms with Crippen LogP contribution in [0.15, 0.2) is 45.8 Å². The lowest BCUT2D eigenvalue weighted by Gasteiger charge is -2.12. The van der Waals surface area contributed by atoms with Gasteiger partial charge in [-0.1, -0.05) is 19.9 Å². The summed E-state index contributed by atoms with van der Waals surface area (Å²) in [6, 6.07) is 9.48. The van der Waals surface area contributed by atoms with Gasteiger partial charge in [0.2, 0.25) is 0 Å². The standard InChI is InChI=1S/C23H25N5O3/c1-12(2)20(29)21-26-23(27-31-21)25-16-7-6-13(3)17(10-16)18-9-15-11-24-14(4)8-19(15)28(5)22(18)30/h6-12,20,29H,1-5H3,(H,25,27). The second kappa shape index (κ2) is 7.96. The third-order valence-electron chi connectivity index (χ3n) is 5.35. The molecular weight excluding hydrogens is 394 g/mol. The number of aliphatic hydroxyl groups excluding tert-OH is 1. The van der Waals surface area contributed by atoms with Crippen LogP contribution in [0, 0.1) is 19.8 Å². The fourth-order valence-corrected chi connectivity index (χ4v) is 3.47. The number of aromatic nitrogens is 4. The minimum Gasteiger partial charge on any atom is -0.383 e. The molecule has 1 aromatic carbocycles. The zero-order valence-corrected chi connectivity index (χ0v) is 18.2. The van der Waals surface area contributed by atoms with Crippen LogP contribution < -0.4 is 10.9 Å². The highest BCUT2D eigenvalue weighted by Gasteiger charge is 2.20. The van der Waals surface area contributed by atoms with Crippen LogP contribution in [0.25, 0.3) is 22.0 Å². The molecule has 0 bridgehead atoms. The fraction of sp³-hybridized carbons (Fsp3) is 0.304. The number of nitrogens with zero attached hydrogens (tertiary/aromatic N) is 4. The molecular formula is C23H25N5O3. The first kappa shape index (κ1) is 20.7. The Hall–Kier alpha value is -3.52. The minimum absolute atomic E-state index is 0.0401. The molecule has 31 heavy (non-hydrogen) atoms. The zero-order chi connectivity index (χ0) is 22.3. The molecule has 0 amide bonds. The van der Waals surface area contributed by atoms with Crippen LogP contribution in [0.5, 0.6) is 0 Å². The predicted molar refractivity (Wildman–Crippen MR) is 119 cm³/mol. The number of pyridine rings is 2. The van der Waals surface area contributed by atoms with E-state index in [0.717, 1.165) is 27.7 Å². The minimum atomic E-state index is -0.825. The van der Waals surface area contributed by atoms with Crippen LogP contribution in [0.3, 0.4) is 0 Å². The van der Waals surface area contributed by atoms with Crippen molar-refractivity contribution in [2.75, 3.05) is 5.32 Å². The van der Waals surface area contributed by atoms with Gasteiger partial charge in [0, 0.05) is 35.6 Å². The number of rotatable bonds is 5. The monoisotopic (exact) mass is 419 g/mol. The first-order valence-corrected chi connectivity index (χ1v) is 10.1. The quantitative estimate of drug-likeness (QED) is 0.503. The highest BCUT2D eigenvalue weighted by atomic mass is 16.5. The molecule has 4 aromatic rings. The summed E-state index contributed by atoms with van der Waals surface area (Å²) in [5, 5.41) is 18.0. The van der Waals surface area contributed by atoms with Gasteiger partial charge < -0.3 is 19.5 Å². The van der Waals surface area contributed by atoms with Gasteiger partial charge in [0.05, 0.1) is 5.52 Å². The summed E-state index contributed by atoms with van der Waals surface area (Å²) in [4.78, 5) is 21.7. The van der Waals surface area contributed by atoms with Crippen LogP contribution in [0.2, 0.25) is 0 Å². The molecule has 8 nitrogen and oxygen atoms in total. The summed E-state index contributed by atoms with van der Waals surface area (Å²) in [5.41, 5.74) is 4.68. The van der Waals surface area contributed by atoms with Gasteiger partial charge in [0.1, 0.15) is 6.10 Å². The van der Waals surface area contributed by atoms with E-state index in [4.69, 9.17) is 4.52 Å². The van der Waals surface area contributed by atoms with Crippen LogP contribution in [-0.2, 0) is 7.05 Å². The Bertz CT molecular complexity index is 1320. The van der Waals surface area contributed by atoms with Gasteiger partial charge in [-0.2, -0.15) is 4.98 Å². The zero-order valence-electron chi connectivity index (χ0n) is 18.2. The number of nitrogens with one attached hydrogen (secondary N) is 1. The maximum atomic E-state index is 13.1. The molecule has 4 rings (SSSR count). The van der Waals surface area contributed by atoms with Crippen molar-refractivity contribution in [3.63, 3.8) is 0 Å². The molecule has 0 saturated heterocycles. The SMILES string of the molecule is Cc1cc2c(cn1)cc(-c1cc(Nc3noc(C(O)C(C)C)n3)ccc1C)c(=O)n2C. The number of hydrogen-bond acceptors (Lipinski definition) is 7. The smallest absolute Gasteiger partial charge is 0.267 e. The van der Waals surface area contributed by atoms with Gasteiger partial charge in [-0.25, -0.2) is 0 Å². The van der Waals surface area contributed by atoms with E-state index in [1.54, 1.807) is 17.8 Å². The van der Waals surface area contributed by atoms with Crippen molar-refractivity contribution in [2.45, 2.75) is 33.8 Å². The molecule has 160 valence electrons. The van der Waals surface area contributed by atoms with E-state index >= 15 is 0 Å². The van der Waals surface area contributed by atoms with E-state index in [9.17, 15) is 9.90 Å². The third-order valence-corrected chi connectivity index (χ3v) is 5.35. The second-order valence-electron chi connectivity index (χ2n) is 8.11. The Morgan fingerprint density at radius 1 is 1.13 bits per heavy atom. The summed E-state index contributed by atoms with van der Waals surface area (Å²) in [5.74, 6) is 0.369. The molecule has 2 N–H and O–H groups in total. The van der Waals surface area contributed by atoms with E-state index in [-0.39, 0.29) is 23.3 Å². The molecule has 0 saturated carbocycles. The number of fused-ring (bicyclic) bond motifs is 1. The molecule has 0 aliphatic rings. The fourth-order valence-electron chi connectivity index (χ4n) is 3.47. The first-order valence-electron chi connectivity index (χ1n) is 10.1. The van der Waals surface area contributed by atoms with E-state index in [1.165, 1.54) is 0 Å². The van der Waals surface area contributed by atoms with Crippen molar-refractivity contribution < 1.29 is 9.63 Å². The topological polar surface area (TPSA) is 106 Å². The Kier molecular flexibility index (Phi) is 5.32.